The topological polar surface area (TPSA) is 83.1 Å². The minimum Gasteiger partial charge on any atom is -0.433 e. The van der Waals surface area contributed by atoms with Crippen molar-refractivity contribution in [1.29, 1.82) is 0 Å². The Morgan fingerprint density at radius 2 is 0.446 bits per heavy atom. The molecule has 0 aliphatic rings. The van der Waals surface area contributed by atoms with E-state index in [1.165, 1.54) is 0 Å². The molecule has 0 spiro atoms. The Hall–Kier alpha value is -3.52. The molecule has 494 valence electrons. The Morgan fingerprint density at radius 3 is 0.652 bits per heavy atom. The predicted octanol–water partition coefficient (Wildman–Crippen LogP) is 14.8. The summed E-state index contributed by atoms with van der Waals surface area (Å²) >= 11 is 0. The molecule has 0 aliphatic carbocycles. The smallest absolute Gasteiger partial charge is 0.433 e. The van der Waals surface area contributed by atoms with Gasteiger partial charge in [-0.15, -0.1) is 13.2 Å². The van der Waals surface area contributed by atoms with Gasteiger partial charge in [0.25, 0.3) is 0 Å². The van der Waals surface area contributed by atoms with E-state index in [0.29, 0.717) is 0 Å². The Balaban J connectivity index is 1.28. The van der Waals surface area contributed by atoms with E-state index in [1.807, 2.05) is 11.4 Å². The van der Waals surface area contributed by atoms with Crippen molar-refractivity contribution in [2.45, 2.75) is 154 Å². The first-order valence-corrected chi connectivity index (χ1v) is 67.6. The van der Waals surface area contributed by atoms with Crippen molar-refractivity contribution < 1.29 is 37.0 Å². The molecule has 92 heavy (non-hydrogen) atoms. The monoisotopic (exact) mass is 1460 g/mol. The molecule has 0 saturated heterocycles. The van der Waals surface area contributed by atoms with Gasteiger partial charge in [-0.2, -0.15) is 0 Å². The summed E-state index contributed by atoms with van der Waals surface area (Å²) in [5.41, 5.74) is 4.08. The van der Waals surface area contributed by atoms with E-state index in [-0.39, 0.29) is 0 Å². The maximum absolute atomic E-state index is 8.22. The van der Waals surface area contributed by atoms with Crippen LogP contribution in [-0.4, -0.2) is 110 Å². The highest BCUT2D eigenvalue weighted by Gasteiger charge is 2.58. The zero-order valence-corrected chi connectivity index (χ0v) is 71.9. The zero-order chi connectivity index (χ0) is 67.4. The highest BCUT2D eigenvalue weighted by Crippen LogP contribution is 2.37. The molecular weight excluding hydrogens is 1350 g/mol. The molecule has 0 fully saturated rings. The van der Waals surface area contributed by atoms with Crippen molar-refractivity contribution >= 4 is 146 Å². The summed E-state index contributed by atoms with van der Waals surface area (Å²) in [6.07, 6.45) is 0. The average Bonchev–Trinajstić information content (AvgIpc) is 0.826. The van der Waals surface area contributed by atoms with Crippen LogP contribution in [0.5, 0.6) is 0 Å². The standard InChI is InChI=1S/C70H108O9Si13/c1-21-81(5,6)72-90(66-48-34-25-35-49-66,67-50-36-26-37-51-67)75-84(11,12)59-62-87(17,18)78-92(70-56-42-29-43-57-70,77-86(15,16)61-58-83(9,10)74-89(71-80(3)4,64-44-30-23-31-45-64)65-46-32-24-33-47-65)79-88(19,20)63-60-85(13,14)76-91(73-82(7,8)22-2,68-52-38-27-39-53-68)69-54-40-28-41-55-69/h21-57,80H,1-2,58-63H2,3-20H3. The first-order chi connectivity index (χ1) is 43.1. The summed E-state index contributed by atoms with van der Waals surface area (Å²) < 4.78 is 70.8. The molecule has 0 aliphatic heterocycles. The fraction of sp³-hybridized carbons (Fsp3) is 0.343. The minimum absolute atomic E-state index is 0.837. The van der Waals surface area contributed by atoms with Crippen LogP contribution in [0.4, 0.5) is 0 Å². The Kier molecular flexibility index (Phi) is 25.8. The zero-order valence-electron chi connectivity index (χ0n) is 58.8. The summed E-state index contributed by atoms with van der Waals surface area (Å²) in [5.74, 6) is 0. The van der Waals surface area contributed by atoms with Crippen molar-refractivity contribution in [3.63, 3.8) is 0 Å². The first kappa shape index (κ1) is 75.9. The predicted molar refractivity (Wildman–Crippen MR) is 423 cm³/mol. The molecule has 0 aromatic heterocycles. The van der Waals surface area contributed by atoms with Crippen molar-refractivity contribution in [3.05, 3.63) is 237 Å². The lowest BCUT2D eigenvalue weighted by Crippen LogP contribution is -2.70. The molecule has 9 nitrogen and oxygen atoms in total. The van der Waals surface area contributed by atoms with Crippen LogP contribution in [0, 0.1) is 0 Å². The maximum Gasteiger partial charge on any atom is 0.505 e. The van der Waals surface area contributed by atoms with Gasteiger partial charge in [0.05, 0.1) is 0 Å². The van der Waals surface area contributed by atoms with Crippen LogP contribution < -0.4 is 36.3 Å². The van der Waals surface area contributed by atoms with Crippen LogP contribution in [0.1, 0.15) is 0 Å². The Morgan fingerprint density at radius 1 is 0.261 bits per heavy atom. The van der Waals surface area contributed by atoms with Crippen molar-refractivity contribution in [2.75, 3.05) is 0 Å². The molecule has 0 bridgehead atoms. The molecule has 7 rings (SSSR count). The third-order valence-corrected chi connectivity index (χ3v) is 66.2. The van der Waals surface area contributed by atoms with Crippen LogP contribution >= 0.6 is 0 Å². The van der Waals surface area contributed by atoms with Crippen LogP contribution in [0.25, 0.3) is 0 Å². The lowest BCUT2D eigenvalue weighted by Gasteiger charge is -2.47. The Bertz CT molecular complexity index is 3150. The fourth-order valence-corrected chi connectivity index (χ4v) is 71.8. The quantitative estimate of drug-likeness (QED) is 0.0357. The number of benzene rings is 7. The lowest BCUT2D eigenvalue weighted by molar-refractivity contribution is 0.268. The second-order valence-electron chi connectivity index (χ2n) is 29.6. The summed E-state index contributed by atoms with van der Waals surface area (Å²) in [6.45, 7) is 50.6. The van der Waals surface area contributed by atoms with Gasteiger partial charge in [-0.3, -0.25) is 0 Å². The molecule has 22 heteroatoms. The van der Waals surface area contributed by atoms with E-state index in [0.717, 1.165) is 72.6 Å². The third kappa shape index (κ3) is 20.8. The van der Waals surface area contributed by atoms with E-state index < -0.39 is 110 Å². The second-order valence-corrected chi connectivity index (χ2v) is 79.4. The largest absolute Gasteiger partial charge is 0.505 e. The van der Waals surface area contributed by atoms with Gasteiger partial charge in [0, 0.05) is 5.19 Å². The van der Waals surface area contributed by atoms with Gasteiger partial charge in [0.15, 0.2) is 58.9 Å². The SMILES string of the molecule is C=C[Si](C)(C)O[Si](O[Si](C)(C)CC[Si](C)(C)O[Si](O[Si](C)(C)CC[Si](C)(C)O[Si](O[SiH](C)C)(c1ccccc1)c1ccccc1)(O[Si](C)(C)CC[Si](C)(C)O[Si](O[Si](C)(C)C=C)(c1ccccc1)c1ccccc1)c1ccccc1)(c1ccccc1)c1ccccc1. The highest BCUT2D eigenvalue weighted by molar-refractivity contribution is 7.05. The van der Waals surface area contributed by atoms with Gasteiger partial charge < -0.3 is 37.0 Å². The van der Waals surface area contributed by atoms with Crippen LogP contribution in [0.15, 0.2) is 237 Å². The molecule has 7 aromatic carbocycles. The van der Waals surface area contributed by atoms with Gasteiger partial charge in [-0.25, -0.2) is 0 Å². The van der Waals surface area contributed by atoms with Gasteiger partial charge in [-0.1, -0.05) is 224 Å². The van der Waals surface area contributed by atoms with Gasteiger partial charge in [0.2, 0.25) is 16.6 Å². The molecular formula is C70H108O9Si13. The molecule has 0 amide bonds. The van der Waals surface area contributed by atoms with E-state index in [4.69, 9.17) is 37.0 Å². The van der Waals surface area contributed by atoms with E-state index in [9.17, 15) is 0 Å². The fourth-order valence-electron chi connectivity index (χ4n) is 11.6. The third-order valence-electron chi connectivity index (χ3n) is 16.7. The van der Waals surface area contributed by atoms with Crippen molar-refractivity contribution in [3.8, 4) is 0 Å². The van der Waals surface area contributed by atoms with E-state index in [2.05, 4.69) is 343 Å². The number of hydrogen-bond donors (Lipinski definition) is 0. The summed E-state index contributed by atoms with van der Waals surface area (Å²) in [6, 6.07) is 80.2. The molecule has 0 N–H and O–H groups in total. The summed E-state index contributed by atoms with van der Waals surface area (Å²) in [5, 5.41) is 7.75. The van der Waals surface area contributed by atoms with Crippen LogP contribution in [0.2, 0.25) is 154 Å². The van der Waals surface area contributed by atoms with Crippen LogP contribution in [-0.2, 0) is 37.0 Å². The number of hydrogen-bond acceptors (Lipinski definition) is 9. The second kappa shape index (κ2) is 31.3. The molecule has 7 aromatic rings. The lowest BCUT2D eigenvalue weighted by atomic mass is 10.4. The maximum atomic E-state index is 8.22. The minimum atomic E-state index is -3.86. The van der Waals surface area contributed by atoms with Crippen molar-refractivity contribution in [1.82, 2.24) is 0 Å². The van der Waals surface area contributed by atoms with Crippen LogP contribution in [0.3, 0.4) is 0 Å². The molecule has 0 heterocycles. The summed E-state index contributed by atoms with van der Waals surface area (Å²) in [7, 11) is -36.2. The molecule has 0 atom stereocenters. The molecule has 0 radical (unpaired) electrons. The van der Waals surface area contributed by atoms with Crippen molar-refractivity contribution in [2.24, 2.45) is 0 Å². The van der Waals surface area contributed by atoms with Gasteiger partial charge in [0.1, 0.15) is 0 Å². The number of rotatable bonds is 36. The van der Waals surface area contributed by atoms with Gasteiger partial charge in [-0.05, 0) is 185 Å². The summed E-state index contributed by atoms with van der Waals surface area (Å²) in [4.78, 5) is 0. The molecule has 0 saturated carbocycles. The molecule has 0 unspecified atom stereocenters. The van der Waals surface area contributed by atoms with E-state index in [1.54, 1.807) is 0 Å². The van der Waals surface area contributed by atoms with E-state index >= 15 is 0 Å². The van der Waals surface area contributed by atoms with Gasteiger partial charge >= 0.3 is 34.5 Å². The first-order valence-electron chi connectivity index (χ1n) is 33.0. The highest BCUT2D eigenvalue weighted by atomic mass is 28.5. The average molecular weight is 1460 g/mol. The normalized spacial score (nSPS) is 13.7. The Labute approximate surface area is 569 Å².